The molecule has 4 heteroatoms. The first-order valence-corrected chi connectivity index (χ1v) is 8.46. The van der Waals surface area contributed by atoms with Crippen LogP contribution < -0.4 is 5.43 Å². The molecule has 1 saturated carbocycles. The van der Waals surface area contributed by atoms with Crippen molar-refractivity contribution < 1.29 is 9.18 Å². The van der Waals surface area contributed by atoms with E-state index in [1.165, 1.54) is 12.1 Å². The molecule has 2 atom stereocenters. The van der Waals surface area contributed by atoms with Crippen molar-refractivity contribution in [3.8, 4) is 11.1 Å². The maximum Gasteiger partial charge on any atom is 0.243 e. The monoisotopic (exact) mass is 322 g/mol. The van der Waals surface area contributed by atoms with Gasteiger partial charge >= 0.3 is 0 Å². The Kier molecular flexibility index (Phi) is 3.89. The number of benzene rings is 2. The fraction of sp³-hybridized carbons (Fsp3) is 0.300. The van der Waals surface area contributed by atoms with Crippen LogP contribution in [-0.4, -0.2) is 11.6 Å². The fourth-order valence-corrected chi connectivity index (χ4v) is 3.81. The normalized spacial score (nSPS) is 23.2. The molecular formula is C20H19FN2O. The maximum absolute atomic E-state index is 13.0. The predicted octanol–water partition coefficient (Wildman–Crippen LogP) is 4.13. The van der Waals surface area contributed by atoms with Gasteiger partial charge in [-0.3, -0.25) is 4.79 Å². The zero-order valence-electron chi connectivity index (χ0n) is 13.3. The minimum atomic E-state index is -0.231. The Labute approximate surface area is 140 Å². The minimum Gasteiger partial charge on any atom is -0.273 e. The largest absolute Gasteiger partial charge is 0.273 e. The summed E-state index contributed by atoms with van der Waals surface area (Å²) in [6, 6.07) is 14.6. The summed E-state index contributed by atoms with van der Waals surface area (Å²) in [4.78, 5) is 12.0. The van der Waals surface area contributed by atoms with E-state index in [-0.39, 0.29) is 23.6 Å². The highest BCUT2D eigenvalue weighted by Crippen LogP contribution is 2.35. The third kappa shape index (κ3) is 2.73. The lowest BCUT2D eigenvalue weighted by Crippen LogP contribution is -2.43. The van der Waals surface area contributed by atoms with Gasteiger partial charge in [-0.2, -0.15) is 5.10 Å². The number of rotatable bonds is 2. The lowest BCUT2D eigenvalue weighted by molar-refractivity contribution is -0.127. The summed E-state index contributed by atoms with van der Waals surface area (Å²) in [5.74, 6) is 0.115. The first-order valence-electron chi connectivity index (χ1n) is 8.46. The standard InChI is InChI=1S/C20H19FN2O/c21-16-11-9-14(10-12-16)13-5-7-15(8-6-13)19-17-3-1-2-4-18(17)20(24)23-22-19/h5-12,17-18H,1-4H2,(H,23,24). The number of halogens is 1. The lowest BCUT2D eigenvalue weighted by atomic mass is 9.74. The Bertz CT molecular complexity index is 780. The Morgan fingerprint density at radius 1 is 0.833 bits per heavy atom. The van der Waals surface area contributed by atoms with Crippen molar-refractivity contribution in [3.63, 3.8) is 0 Å². The summed E-state index contributed by atoms with van der Waals surface area (Å²) in [6.07, 6.45) is 4.24. The molecule has 1 amide bonds. The summed E-state index contributed by atoms with van der Waals surface area (Å²) >= 11 is 0. The van der Waals surface area contributed by atoms with Crippen molar-refractivity contribution in [3.05, 3.63) is 59.9 Å². The maximum atomic E-state index is 13.0. The van der Waals surface area contributed by atoms with E-state index in [1.54, 1.807) is 12.1 Å². The quantitative estimate of drug-likeness (QED) is 0.887. The Hall–Kier alpha value is -2.49. The molecule has 2 unspecified atom stereocenters. The fourth-order valence-electron chi connectivity index (χ4n) is 3.81. The average Bonchev–Trinajstić information content (AvgIpc) is 2.63. The number of hydrogen-bond donors (Lipinski definition) is 1. The van der Waals surface area contributed by atoms with Crippen LogP contribution in [0.1, 0.15) is 31.2 Å². The molecule has 122 valence electrons. The lowest BCUT2D eigenvalue weighted by Gasteiger charge is -2.34. The van der Waals surface area contributed by atoms with Gasteiger partial charge in [0.2, 0.25) is 5.91 Å². The summed E-state index contributed by atoms with van der Waals surface area (Å²) in [6.45, 7) is 0. The summed E-state index contributed by atoms with van der Waals surface area (Å²) in [7, 11) is 0. The molecule has 2 aliphatic rings. The second-order valence-electron chi connectivity index (χ2n) is 6.55. The third-order valence-corrected chi connectivity index (χ3v) is 5.10. The van der Waals surface area contributed by atoms with Gasteiger partial charge in [0.05, 0.1) is 5.71 Å². The minimum absolute atomic E-state index is 0.0584. The van der Waals surface area contributed by atoms with Crippen LogP contribution in [0.3, 0.4) is 0 Å². The van der Waals surface area contributed by atoms with Gasteiger partial charge in [0.1, 0.15) is 5.82 Å². The van der Waals surface area contributed by atoms with Gasteiger partial charge in [0.25, 0.3) is 0 Å². The van der Waals surface area contributed by atoms with E-state index in [9.17, 15) is 9.18 Å². The van der Waals surface area contributed by atoms with Gasteiger partial charge < -0.3 is 0 Å². The SMILES string of the molecule is O=C1NN=C(c2ccc(-c3ccc(F)cc3)cc2)C2CCCCC12. The molecule has 1 heterocycles. The van der Waals surface area contributed by atoms with Crippen molar-refractivity contribution in [1.82, 2.24) is 5.43 Å². The predicted molar refractivity (Wildman–Crippen MR) is 92.0 cm³/mol. The molecule has 3 nitrogen and oxygen atoms in total. The van der Waals surface area contributed by atoms with Gasteiger partial charge in [0, 0.05) is 11.8 Å². The third-order valence-electron chi connectivity index (χ3n) is 5.10. The molecule has 1 aliphatic heterocycles. The molecule has 0 aromatic heterocycles. The van der Waals surface area contributed by atoms with E-state index in [0.29, 0.717) is 0 Å². The van der Waals surface area contributed by atoms with Crippen LogP contribution in [0, 0.1) is 17.7 Å². The molecule has 1 aliphatic carbocycles. The Morgan fingerprint density at radius 3 is 2.04 bits per heavy atom. The highest BCUT2D eigenvalue weighted by Gasteiger charge is 2.37. The number of hydrazone groups is 1. The number of fused-ring (bicyclic) bond motifs is 1. The molecule has 0 saturated heterocycles. The highest BCUT2D eigenvalue weighted by atomic mass is 19.1. The van der Waals surface area contributed by atoms with Crippen LogP contribution in [0.4, 0.5) is 4.39 Å². The van der Waals surface area contributed by atoms with Gasteiger partial charge in [-0.1, -0.05) is 49.2 Å². The van der Waals surface area contributed by atoms with Gasteiger partial charge in [-0.15, -0.1) is 0 Å². The van der Waals surface area contributed by atoms with Crippen LogP contribution in [0.5, 0.6) is 0 Å². The number of carbonyl (C=O) groups is 1. The molecule has 24 heavy (non-hydrogen) atoms. The Morgan fingerprint density at radius 2 is 1.38 bits per heavy atom. The molecule has 0 spiro atoms. The molecule has 2 aromatic carbocycles. The second kappa shape index (κ2) is 6.19. The Balaban J connectivity index is 1.62. The first-order chi connectivity index (χ1) is 11.7. The number of amides is 1. The molecule has 4 rings (SSSR count). The number of hydrogen-bond acceptors (Lipinski definition) is 2. The van der Waals surface area contributed by atoms with E-state index in [0.717, 1.165) is 48.1 Å². The molecule has 1 N–H and O–H groups in total. The average molecular weight is 322 g/mol. The summed E-state index contributed by atoms with van der Waals surface area (Å²) in [5.41, 5.74) is 6.76. The molecule has 2 aromatic rings. The van der Waals surface area contributed by atoms with Gasteiger partial charge in [0.15, 0.2) is 0 Å². The second-order valence-corrected chi connectivity index (χ2v) is 6.55. The number of nitrogens with zero attached hydrogens (tertiary/aromatic N) is 1. The van der Waals surface area contributed by atoms with Crippen molar-refractivity contribution in [1.29, 1.82) is 0 Å². The molecular weight excluding hydrogens is 303 g/mol. The zero-order chi connectivity index (χ0) is 16.5. The van der Waals surface area contributed by atoms with Crippen molar-refractivity contribution >= 4 is 11.6 Å². The first kappa shape index (κ1) is 15.1. The van der Waals surface area contributed by atoms with Crippen molar-refractivity contribution in [2.24, 2.45) is 16.9 Å². The topological polar surface area (TPSA) is 41.5 Å². The van der Waals surface area contributed by atoms with E-state index in [2.05, 4.69) is 10.5 Å². The van der Waals surface area contributed by atoms with Crippen molar-refractivity contribution in [2.45, 2.75) is 25.7 Å². The number of carbonyl (C=O) groups excluding carboxylic acids is 1. The van der Waals surface area contributed by atoms with Crippen LogP contribution in [-0.2, 0) is 4.79 Å². The van der Waals surface area contributed by atoms with Crippen LogP contribution in [0.15, 0.2) is 53.6 Å². The van der Waals surface area contributed by atoms with E-state index in [4.69, 9.17) is 0 Å². The summed E-state index contributed by atoms with van der Waals surface area (Å²) in [5, 5.41) is 4.35. The molecule has 0 radical (unpaired) electrons. The zero-order valence-corrected chi connectivity index (χ0v) is 13.3. The van der Waals surface area contributed by atoms with Gasteiger partial charge in [-0.05, 0) is 41.7 Å². The van der Waals surface area contributed by atoms with Crippen LogP contribution >= 0.6 is 0 Å². The molecule has 1 fully saturated rings. The van der Waals surface area contributed by atoms with E-state index in [1.807, 2.05) is 24.3 Å². The summed E-state index contributed by atoms with van der Waals surface area (Å²) < 4.78 is 13.0. The van der Waals surface area contributed by atoms with E-state index < -0.39 is 0 Å². The smallest absolute Gasteiger partial charge is 0.243 e. The van der Waals surface area contributed by atoms with Gasteiger partial charge in [-0.25, -0.2) is 9.82 Å². The van der Waals surface area contributed by atoms with Crippen molar-refractivity contribution in [2.75, 3.05) is 0 Å². The molecule has 0 bridgehead atoms. The van der Waals surface area contributed by atoms with E-state index >= 15 is 0 Å². The van der Waals surface area contributed by atoms with Crippen LogP contribution in [0.2, 0.25) is 0 Å². The highest BCUT2D eigenvalue weighted by molar-refractivity contribution is 6.06. The van der Waals surface area contributed by atoms with Crippen LogP contribution in [0.25, 0.3) is 11.1 Å². The number of nitrogens with one attached hydrogen (secondary N) is 1.